The van der Waals surface area contributed by atoms with Crippen molar-refractivity contribution in [1.29, 1.82) is 5.26 Å². The molecule has 0 N–H and O–H groups in total. The molecule has 10 heavy (non-hydrogen) atoms. The molecule has 0 aliphatic heterocycles. The molecule has 0 aliphatic rings. The molecule has 0 fully saturated rings. The van der Waals surface area contributed by atoms with Gasteiger partial charge in [0, 0.05) is 12.3 Å². The molecule has 0 bridgehead atoms. The van der Waals surface area contributed by atoms with Gasteiger partial charge in [-0.15, -0.1) is 0 Å². The molecule has 0 aromatic heterocycles. The van der Waals surface area contributed by atoms with Gasteiger partial charge in [-0.1, -0.05) is 0 Å². The quantitative estimate of drug-likeness (QED) is 0.594. The van der Waals surface area contributed by atoms with Crippen LogP contribution < -0.4 is 0 Å². The second-order valence-electron chi connectivity index (χ2n) is 2.18. The zero-order chi connectivity index (χ0) is 8.20. The molecular formula is C6H8F3N. The van der Waals surface area contributed by atoms with Crippen LogP contribution in [0, 0.1) is 17.2 Å². The average Bonchev–Trinajstić information content (AvgIpc) is 1.81. The summed E-state index contributed by atoms with van der Waals surface area (Å²) in [6.07, 6.45) is -5.08. The van der Waals surface area contributed by atoms with Gasteiger partial charge in [-0.25, -0.2) is 0 Å². The molecule has 0 saturated heterocycles. The summed E-state index contributed by atoms with van der Waals surface area (Å²) in [5.74, 6) is -0.498. The molecular weight excluding hydrogens is 143 g/mol. The van der Waals surface area contributed by atoms with Crippen LogP contribution in [0.15, 0.2) is 0 Å². The van der Waals surface area contributed by atoms with Crippen molar-refractivity contribution < 1.29 is 13.2 Å². The van der Waals surface area contributed by atoms with E-state index < -0.39 is 18.5 Å². The van der Waals surface area contributed by atoms with E-state index in [4.69, 9.17) is 5.26 Å². The standard InChI is InChI=1S/C6H8F3N/c1-5(4-10)2-3-6(7,8)9/h5H,2-3H2,1H3. The highest BCUT2D eigenvalue weighted by molar-refractivity contribution is 4.78. The van der Waals surface area contributed by atoms with Gasteiger partial charge in [0.2, 0.25) is 0 Å². The van der Waals surface area contributed by atoms with Crippen LogP contribution in [0.5, 0.6) is 0 Å². The van der Waals surface area contributed by atoms with Gasteiger partial charge in [0.15, 0.2) is 0 Å². The van der Waals surface area contributed by atoms with Crippen molar-refractivity contribution in [3.63, 3.8) is 0 Å². The van der Waals surface area contributed by atoms with Crippen LogP contribution in [0.2, 0.25) is 0 Å². The van der Waals surface area contributed by atoms with E-state index in [1.165, 1.54) is 6.92 Å². The Morgan fingerprint density at radius 3 is 2.30 bits per heavy atom. The van der Waals surface area contributed by atoms with Gasteiger partial charge in [-0.3, -0.25) is 0 Å². The first kappa shape index (κ1) is 9.28. The minimum absolute atomic E-state index is 0.0972. The number of hydrogen-bond acceptors (Lipinski definition) is 1. The van der Waals surface area contributed by atoms with Crippen LogP contribution in [0.25, 0.3) is 0 Å². The molecule has 0 aromatic rings. The van der Waals surface area contributed by atoms with Crippen molar-refractivity contribution in [1.82, 2.24) is 0 Å². The maximum absolute atomic E-state index is 11.4. The van der Waals surface area contributed by atoms with Crippen LogP contribution >= 0.6 is 0 Å². The number of nitriles is 1. The predicted octanol–water partition coefficient (Wildman–Crippen LogP) is 2.49. The second kappa shape index (κ2) is 3.45. The molecule has 0 amide bonds. The first-order chi connectivity index (χ1) is 4.45. The van der Waals surface area contributed by atoms with E-state index in [-0.39, 0.29) is 6.42 Å². The number of rotatable bonds is 2. The molecule has 58 valence electrons. The summed E-state index contributed by atoms with van der Waals surface area (Å²) in [5, 5.41) is 8.11. The topological polar surface area (TPSA) is 23.8 Å². The van der Waals surface area contributed by atoms with Crippen molar-refractivity contribution in [3.05, 3.63) is 0 Å². The third kappa shape index (κ3) is 5.42. The van der Waals surface area contributed by atoms with E-state index in [9.17, 15) is 13.2 Å². The molecule has 0 heterocycles. The smallest absolute Gasteiger partial charge is 0.198 e. The minimum atomic E-state index is -4.12. The Labute approximate surface area is 57.5 Å². The first-order valence-corrected chi connectivity index (χ1v) is 2.92. The molecule has 4 heteroatoms. The Bertz CT molecular complexity index is 133. The summed E-state index contributed by atoms with van der Waals surface area (Å²) in [6, 6.07) is 1.74. The largest absolute Gasteiger partial charge is 0.389 e. The number of halogens is 3. The van der Waals surface area contributed by atoms with Gasteiger partial charge < -0.3 is 0 Å². The monoisotopic (exact) mass is 151 g/mol. The molecule has 0 aliphatic carbocycles. The molecule has 0 aromatic carbocycles. The lowest BCUT2D eigenvalue weighted by molar-refractivity contribution is -0.136. The lowest BCUT2D eigenvalue weighted by Gasteiger charge is -2.05. The summed E-state index contributed by atoms with van der Waals surface area (Å²) >= 11 is 0. The lowest BCUT2D eigenvalue weighted by Crippen LogP contribution is -2.08. The van der Waals surface area contributed by atoms with Crippen molar-refractivity contribution in [2.45, 2.75) is 25.9 Å². The Kier molecular flexibility index (Phi) is 3.20. The van der Waals surface area contributed by atoms with Gasteiger partial charge in [0.1, 0.15) is 0 Å². The van der Waals surface area contributed by atoms with E-state index in [0.29, 0.717) is 0 Å². The lowest BCUT2D eigenvalue weighted by atomic mass is 10.1. The molecule has 0 radical (unpaired) electrons. The van der Waals surface area contributed by atoms with E-state index in [1.54, 1.807) is 6.07 Å². The summed E-state index contributed by atoms with van der Waals surface area (Å²) in [7, 11) is 0. The third-order valence-electron chi connectivity index (χ3n) is 1.08. The summed E-state index contributed by atoms with van der Waals surface area (Å²) in [6.45, 7) is 1.48. The van der Waals surface area contributed by atoms with Gasteiger partial charge in [-0.05, 0) is 13.3 Å². The highest BCUT2D eigenvalue weighted by Gasteiger charge is 2.27. The van der Waals surface area contributed by atoms with E-state index in [1.807, 2.05) is 0 Å². The Morgan fingerprint density at radius 2 is 2.00 bits per heavy atom. The second-order valence-corrected chi connectivity index (χ2v) is 2.18. The molecule has 0 rings (SSSR count). The van der Waals surface area contributed by atoms with Crippen LogP contribution in [0.3, 0.4) is 0 Å². The molecule has 1 atom stereocenters. The maximum Gasteiger partial charge on any atom is 0.389 e. The molecule has 0 saturated carbocycles. The normalized spacial score (nSPS) is 14.3. The fourth-order valence-corrected chi connectivity index (χ4v) is 0.445. The average molecular weight is 151 g/mol. The van der Waals surface area contributed by atoms with Gasteiger partial charge in [0.05, 0.1) is 6.07 Å². The third-order valence-corrected chi connectivity index (χ3v) is 1.08. The summed E-state index contributed by atoms with van der Waals surface area (Å²) in [4.78, 5) is 0. The van der Waals surface area contributed by atoms with Crippen LogP contribution in [0.1, 0.15) is 19.8 Å². The van der Waals surface area contributed by atoms with E-state index in [0.717, 1.165) is 0 Å². The summed E-state index contributed by atoms with van der Waals surface area (Å²) < 4.78 is 34.3. The van der Waals surface area contributed by atoms with Crippen LogP contribution in [-0.2, 0) is 0 Å². The fraction of sp³-hybridized carbons (Fsp3) is 0.833. The van der Waals surface area contributed by atoms with Crippen LogP contribution in [-0.4, -0.2) is 6.18 Å². The fourth-order valence-electron chi connectivity index (χ4n) is 0.445. The number of alkyl halides is 3. The Morgan fingerprint density at radius 1 is 1.50 bits per heavy atom. The van der Waals surface area contributed by atoms with Crippen LogP contribution in [0.4, 0.5) is 13.2 Å². The van der Waals surface area contributed by atoms with Gasteiger partial charge in [0.25, 0.3) is 0 Å². The minimum Gasteiger partial charge on any atom is -0.198 e. The van der Waals surface area contributed by atoms with Crippen molar-refractivity contribution in [2.75, 3.05) is 0 Å². The molecule has 1 unspecified atom stereocenters. The zero-order valence-corrected chi connectivity index (χ0v) is 5.57. The first-order valence-electron chi connectivity index (χ1n) is 2.92. The highest BCUT2D eigenvalue weighted by atomic mass is 19.4. The van der Waals surface area contributed by atoms with Crippen molar-refractivity contribution >= 4 is 0 Å². The number of hydrogen-bond donors (Lipinski definition) is 0. The molecule has 1 nitrogen and oxygen atoms in total. The molecule has 0 spiro atoms. The Hall–Kier alpha value is -0.720. The SMILES string of the molecule is CC(C#N)CCC(F)(F)F. The maximum atomic E-state index is 11.4. The van der Waals surface area contributed by atoms with Crippen molar-refractivity contribution in [2.24, 2.45) is 5.92 Å². The van der Waals surface area contributed by atoms with Gasteiger partial charge >= 0.3 is 6.18 Å². The van der Waals surface area contributed by atoms with E-state index in [2.05, 4.69) is 0 Å². The predicted molar refractivity (Wildman–Crippen MR) is 30.1 cm³/mol. The summed E-state index contributed by atoms with van der Waals surface area (Å²) in [5.41, 5.74) is 0. The van der Waals surface area contributed by atoms with Crippen molar-refractivity contribution in [3.8, 4) is 6.07 Å². The highest BCUT2D eigenvalue weighted by Crippen LogP contribution is 2.23. The number of nitrogens with zero attached hydrogens (tertiary/aromatic N) is 1. The zero-order valence-electron chi connectivity index (χ0n) is 5.57. The van der Waals surface area contributed by atoms with Gasteiger partial charge in [-0.2, -0.15) is 18.4 Å². The Balaban J connectivity index is 3.48. The van der Waals surface area contributed by atoms with E-state index >= 15 is 0 Å².